The lowest BCUT2D eigenvalue weighted by atomic mass is 9.44. The molecule has 13 nitrogen and oxygen atoms in total. The van der Waals surface area contributed by atoms with Crippen LogP contribution in [-0.4, -0.2) is 135 Å². The van der Waals surface area contributed by atoms with E-state index in [9.17, 15) is 35.7 Å². The summed E-state index contributed by atoms with van der Waals surface area (Å²) in [5.74, 6) is 3.51. The molecule has 1 unspecified atom stereocenters. The summed E-state index contributed by atoms with van der Waals surface area (Å²) in [5.41, 5.74) is 0.425. The van der Waals surface area contributed by atoms with E-state index in [-0.39, 0.29) is 23.0 Å². The Bertz CT molecular complexity index is 1260. The standard InChI is InChI=1S/C39H64O13/c1-18-7-12-39(47-17-18)19(2)28-25(52-39)14-24-22-6-5-20-13-21(8-10-37(20,3)23(22)9-11-38(24,28)4)48-36-34(32(45)30(43)27(16-41)50-36)51-35-33(46)31(44)29(42)26(15-40)49-35/h18-36,40-46H,5-17H2,1-4H3/t18-,19+,20?,21+,22-,23+,24+,25+,26-,27-,28+,29+,30+,31+,32+,33-,34-,35+,36-,37+,38+,39-/m1/s1. The van der Waals surface area contributed by atoms with Crippen LogP contribution < -0.4 is 0 Å². The molecule has 298 valence electrons. The van der Waals surface area contributed by atoms with Crippen LogP contribution >= 0.6 is 0 Å². The third kappa shape index (κ3) is 5.98. The number of hydrogen-bond acceptors (Lipinski definition) is 13. The van der Waals surface area contributed by atoms with Crippen LogP contribution in [0.15, 0.2) is 0 Å². The second-order valence-corrected chi connectivity index (χ2v) is 18.7. The van der Waals surface area contributed by atoms with Crippen molar-refractivity contribution in [3.05, 3.63) is 0 Å². The molecule has 4 aliphatic carbocycles. The van der Waals surface area contributed by atoms with Crippen LogP contribution in [0.1, 0.15) is 91.9 Å². The predicted molar refractivity (Wildman–Crippen MR) is 183 cm³/mol. The summed E-state index contributed by atoms with van der Waals surface area (Å²) >= 11 is 0. The van der Waals surface area contributed by atoms with Crippen molar-refractivity contribution < 1.29 is 64.2 Å². The van der Waals surface area contributed by atoms with Gasteiger partial charge in [0.05, 0.1) is 32.0 Å². The molecule has 1 spiro atoms. The molecule has 13 heteroatoms. The van der Waals surface area contributed by atoms with Gasteiger partial charge in [0.15, 0.2) is 18.4 Å². The minimum Gasteiger partial charge on any atom is -0.394 e. The molecule has 7 N–H and O–H groups in total. The third-order valence-corrected chi connectivity index (χ3v) is 16.2. The van der Waals surface area contributed by atoms with E-state index in [0.29, 0.717) is 41.4 Å². The Kier molecular flexibility index (Phi) is 10.4. The molecule has 0 radical (unpaired) electrons. The van der Waals surface area contributed by atoms with Crippen molar-refractivity contribution >= 4 is 0 Å². The van der Waals surface area contributed by atoms with Crippen molar-refractivity contribution in [3.63, 3.8) is 0 Å². The highest BCUT2D eigenvalue weighted by Gasteiger charge is 2.69. The van der Waals surface area contributed by atoms with Crippen LogP contribution in [-0.2, 0) is 28.4 Å². The van der Waals surface area contributed by atoms with Crippen molar-refractivity contribution in [1.82, 2.24) is 0 Å². The first-order valence-corrected chi connectivity index (χ1v) is 20.3. The molecular formula is C39H64O13. The van der Waals surface area contributed by atoms with Gasteiger partial charge in [-0.05, 0) is 104 Å². The number of hydrogen-bond donors (Lipinski definition) is 7. The Morgan fingerprint density at radius 2 is 1.37 bits per heavy atom. The maximum atomic E-state index is 11.1. The second-order valence-electron chi connectivity index (χ2n) is 18.7. The van der Waals surface area contributed by atoms with Crippen molar-refractivity contribution in [1.29, 1.82) is 0 Å². The van der Waals surface area contributed by atoms with E-state index < -0.39 is 80.4 Å². The topological polar surface area (TPSA) is 197 Å². The van der Waals surface area contributed by atoms with Gasteiger partial charge < -0.3 is 64.2 Å². The molecule has 4 aliphatic heterocycles. The van der Waals surface area contributed by atoms with Crippen LogP contribution in [0.4, 0.5) is 0 Å². The van der Waals surface area contributed by atoms with Gasteiger partial charge in [-0.1, -0.05) is 27.7 Å². The number of rotatable bonds is 6. The van der Waals surface area contributed by atoms with Gasteiger partial charge in [0.25, 0.3) is 0 Å². The van der Waals surface area contributed by atoms with Crippen LogP contribution in [0.3, 0.4) is 0 Å². The fourth-order valence-electron chi connectivity index (χ4n) is 13.2. The van der Waals surface area contributed by atoms with Gasteiger partial charge in [-0.3, -0.25) is 0 Å². The zero-order valence-corrected chi connectivity index (χ0v) is 31.2. The molecule has 4 saturated heterocycles. The SMILES string of the molecule is C[C@@H]1CC[C@@]2(OC1)O[C@H]1C[C@H]3[C@@H]4CCC5C[C@@H](O[C@@H]6O[C@H](CO)[C@H](O)[C@H](O)[C@H]6O[C@@H]6O[C@H](CO)[C@H](O)[C@H](O)[C@H]6O)CC[C@]5(C)[C@H]4CC[C@]3(C)[C@H]1[C@@H]2C. The quantitative estimate of drug-likeness (QED) is 0.194. The molecule has 0 bridgehead atoms. The van der Waals surface area contributed by atoms with Gasteiger partial charge in [0.1, 0.15) is 48.8 Å². The molecule has 0 aromatic carbocycles. The zero-order valence-electron chi connectivity index (χ0n) is 31.2. The fraction of sp³-hybridized carbons (Fsp3) is 1.00. The molecule has 8 fully saturated rings. The number of fused-ring (bicyclic) bond motifs is 7. The molecule has 0 aromatic rings. The van der Waals surface area contributed by atoms with Crippen molar-refractivity contribution in [2.45, 2.75) is 171 Å². The minimum atomic E-state index is -1.71. The van der Waals surface area contributed by atoms with E-state index in [0.717, 1.165) is 45.1 Å². The average Bonchev–Trinajstić information content (AvgIpc) is 3.58. The van der Waals surface area contributed by atoms with Gasteiger partial charge in [-0.2, -0.15) is 0 Å². The smallest absolute Gasteiger partial charge is 0.187 e. The second kappa shape index (κ2) is 14.1. The summed E-state index contributed by atoms with van der Waals surface area (Å²) in [6, 6.07) is 0. The van der Waals surface area contributed by atoms with Gasteiger partial charge >= 0.3 is 0 Å². The maximum absolute atomic E-state index is 11.1. The van der Waals surface area contributed by atoms with Crippen molar-refractivity contribution in [3.8, 4) is 0 Å². The van der Waals surface area contributed by atoms with Crippen LogP contribution in [0.5, 0.6) is 0 Å². The first-order chi connectivity index (χ1) is 24.7. The predicted octanol–water partition coefficient (Wildman–Crippen LogP) is 1.44. The Labute approximate surface area is 307 Å². The molecule has 8 aliphatic rings. The molecule has 0 amide bonds. The molecule has 0 aromatic heterocycles. The van der Waals surface area contributed by atoms with Gasteiger partial charge in [-0.15, -0.1) is 0 Å². The van der Waals surface area contributed by atoms with Gasteiger partial charge in [0.2, 0.25) is 0 Å². The molecule has 8 rings (SSSR count). The lowest BCUT2D eigenvalue weighted by Crippen LogP contribution is -2.65. The maximum Gasteiger partial charge on any atom is 0.187 e. The Balaban J connectivity index is 0.942. The summed E-state index contributed by atoms with van der Waals surface area (Å²) in [5, 5.41) is 72.7. The van der Waals surface area contributed by atoms with E-state index in [4.69, 9.17) is 28.4 Å². The van der Waals surface area contributed by atoms with Crippen LogP contribution in [0.25, 0.3) is 0 Å². The van der Waals surface area contributed by atoms with Crippen molar-refractivity contribution in [2.75, 3.05) is 19.8 Å². The van der Waals surface area contributed by atoms with E-state index in [2.05, 4.69) is 27.7 Å². The highest BCUT2D eigenvalue weighted by molar-refractivity contribution is 5.15. The van der Waals surface area contributed by atoms with E-state index in [1.165, 1.54) is 25.7 Å². The zero-order chi connectivity index (χ0) is 36.9. The molecule has 52 heavy (non-hydrogen) atoms. The first kappa shape index (κ1) is 38.4. The van der Waals surface area contributed by atoms with E-state index in [1.807, 2.05) is 0 Å². The monoisotopic (exact) mass is 740 g/mol. The molecule has 4 heterocycles. The number of aliphatic hydroxyl groups excluding tert-OH is 7. The third-order valence-electron chi connectivity index (χ3n) is 16.2. The van der Waals surface area contributed by atoms with Crippen LogP contribution in [0, 0.1) is 52.3 Å². The first-order valence-electron chi connectivity index (χ1n) is 20.3. The summed E-state index contributed by atoms with van der Waals surface area (Å²) in [6.07, 6.45) is -3.88. The number of ether oxygens (including phenoxy) is 6. The summed E-state index contributed by atoms with van der Waals surface area (Å²) in [7, 11) is 0. The molecular weight excluding hydrogens is 676 g/mol. The van der Waals surface area contributed by atoms with E-state index in [1.54, 1.807) is 0 Å². The minimum absolute atomic E-state index is 0.168. The Morgan fingerprint density at radius 1 is 0.673 bits per heavy atom. The van der Waals surface area contributed by atoms with Crippen LogP contribution in [0.2, 0.25) is 0 Å². The highest BCUT2D eigenvalue weighted by Crippen LogP contribution is 2.71. The lowest BCUT2D eigenvalue weighted by Gasteiger charge is -2.61. The summed E-state index contributed by atoms with van der Waals surface area (Å²) < 4.78 is 37.5. The normalized spacial score (nSPS) is 59.0. The summed E-state index contributed by atoms with van der Waals surface area (Å²) in [6.45, 7) is 9.33. The average molecular weight is 741 g/mol. The Morgan fingerprint density at radius 3 is 2.06 bits per heavy atom. The fourth-order valence-corrected chi connectivity index (χ4v) is 13.2. The molecule has 4 saturated carbocycles. The van der Waals surface area contributed by atoms with Gasteiger partial charge in [0, 0.05) is 12.3 Å². The highest BCUT2D eigenvalue weighted by atomic mass is 16.8. The van der Waals surface area contributed by atoms with E-state index >= 15 is 0 Å². The lowest BCUT2D eigenvalue weighted by molar-refractivity contribution is -0.373. The van der Waals surface area contributed by atoms with Crippen molar-refractivity contribution in [2.24, 2.45) is 52.3 Å². The van der Waals surface area contributed by atoms with Gasteiger partial charge in [-0.25, -0.2) is 0 Å². The summed E-state index contributed by atoms with van der Waals surface area (Å²) in [4.78, 5) is 0. The largest absolute Gasteiger partial charge is 0.394 e. The number of aliphatic hydroxyl groups is 7. The molecule has 22 atom stereocenters. The Hall–Kier alpha value is -0.520.